The molecule has 0 spiro atoms. The van der Waals surface area contributed by atoms with E-state index in [-0.39, 0.29) is 12.2 Å². The van der Waals surface area contributed by atoms with Crippen LogP contribution in [0.3, 0.4) is 0 Å². The Morgan fingerprint density at radius 2 is 2.00 bits per heavy atom. The normalized spacial score (nSPS) is 20.1. The molecule has 2 atom stereocenters. The number of morpholine rings is 1. The molecule has 0 bridgehead atoms. The van der Waals surface area contributed by atoms with Crippen molar-refractivity contribution in [1.82, 2.24) is 19.7 Å². The third-order valence-electron chi connectivity index (χ3n) is 5.54. The molecule has 1 aliphatic rings. The molecule has 3 aromatic rings. The molecule has 1 amide bonds. The molecule has 7 nitrogen and oxygen atoms in total. The number of aryl methyl sites for hydroxylation is 2. The Morgan fingerprint density at radius 1 is 1.25 bits per heavy atom. The van der Waals surface area contributed by atoms with Gasteiger partial charge in [-0.15, -0.1) is 0 Å². The molecule has 0 saturated carbocycles. The molecular weight excluding hydrogens is 423 g/mol. The third kappa shape index (κ3) is 4.46. The number of amides is 1. The summed E-state index contributed by atoms with van der Waals surface area (Å²) in [6.07, 6.45) is -4.90. The maximum absolute atomic E-state index is 13.2. The molecule has 0 aliphatic carbocycles. The van der Waals surface area contributed by atoms with Gasteiger partial charge in [-0.2, -0.15) is 18.3 Å². The summed E-state index contributed by atoms with van der Waals surface area (Å²) in [6, 6.07) is 7.17. The van der Waals surface area contributed by atoms with Crippen LogP contribution in [0.5, 0.6) is 0 Å². The van der Waals surface area contributed by atoms with Crippen LogP contribution in [0, 0.1) is 6.92 Å². The second-order valence-corrected chi connectivity index (χ2v) is 8.24. The zero-order chi connectivity index (χ0) is 23.2. The number of nitrogens with zero attached hydrogens (tertiary/aromatic N) is 4. The van der Waals surface area contributed by atoms with Gasteiger partial charge in [0, 0.05) is 43.8 Å². The Labute approximate surface area is 183 Å². The van der Waals surface area contributed by atoms with Crippen molar-refractivity contribution in [3.05, 3.63) is 47.4 Å². The van der Waals surface area contributed by atoms with Gasteiger partial charge in [-0.1, -0.05) is 12.1 Å². The van der Waals surface area contributed by atoms with Gasteiger partial charge < -0.3 is 10.5 Å². The van der Waals surface area contributed by atoms with E-state index in [9.17, 15) is 18.0 Å². The van der Waals surface area contributed by atoms with E-state index in [2.05, 4.69) is 10.1 Å². The minimum Gasteiger partial charge on any atom is -0.364 e. The van der Waals surface area contributed by atoms with Crippen LogP contribution in [0.15, 0.2) is 30.5 Å². The van der Waals surface area contributed by atoms with Gasteiger partial charge >= 0.3 is 6.18 Å². The first-order valence-corrected chi connectivity index (χ1v) is 10.2. The largest absolute Gasteiger partial charge is 0.415 e. The van der Waals surface area contributed by atoms with Gasteiger partial charge in [0.1, 0.15) is 5.69 Å². The number of nitrogens with two attached hydrogens (primary N) is 1. The summed E-state index contributed by atoms with van der Waals surface area (Å²) in [5, 5.41) is 5.17. The fraction of sp³-hybridized carbons (Fsp3) is 0.409. The highest BCUT2D eigenvalue weighted by Crippen LogP contribution is 2.32. The highest BCUT2D eigenvalue weighted by atomic mass is 19.4. The second kappa shape index (κ2) is 8.18. The maximum Gasteiger partial charge on any atom is 0.415 e. The standard InChI is InChI=1S/C22H24F3N5O2/c1-12-8-30(11-20(32-12)22(23,24)25)9-14-4-5-15-16(17-10-29(3)28-13(17)2)7-19(21(26)31)27-18(15)6-14/h4-7,10,12,20H,8-9,11H2,1-3H3,(H2,26,31)/t12-,20-/m1/s1. The molecule has 32 heavy (non-hydrogen) atoms. The van der Waals surface area contributed by atoms with Gasteiger partial charge in [-0.05, 0) is 37.1 Å². The number of pyridine rings is 1. The van der Waals surface area contributed by atoms with Crippen molar-refractivity contribution in [3.63, 3.8) is 0 Å². The van der Waals surface area contributed by atoms with Crippen LogP contribution in [0.25, 0.3) is 22.0 Å². The van der Waals surface area contributed by atoms with Gasteiger partial charge in [0.05, 0.1) is 17.3 Å². The number of ether oxygens (including phenoxy) is 1. The van der Waals surface area contributed by atoms with Crippen molar-refractivity contribution in [2.24, 2.45) is 12.8 Å². The highest BCUT2D eigenvalue weighted by molar-refractivity contribution is 6.01. The number of hydrogen-bond acceptors (Lipinski definition) is 5. The Morgan fingerprint density at radius 3 is 2.62 bits per heavy atom. The van der Waals surface area contributed by atoms with E-state index in [0.717, 1.165) is 27.8 Å². The van der Waals surface area contributed by atoms with Crippen molar-refractivity contribution in [2.75, 3.05) is 13.1 Å². The predicted molar refractivity (Wildman–Crippen MR) is 113 cm³/mol. The van der Waals surface area contributed by atoms with E-state index in [1.165, 1.54) is 0 Å². The number of benzene rings is 1. The minimum absolute atomic E-state index is 0.116. The summed E-state index contributed by atoms with van der Waals surface area (Å²) in [7, 11) is 1.81. The first-order valence-electron chi connectivity index (χ1n) is 10.2. The van der Waals surface area contributed by atoms with Crippen molar-refractivity contribution in [2.45, 2.75) is 38.8 Å². The van der Waals surface area contributed by atoms with E-state index in [1.54, 1.807) is 28.6 Å². The lowest BCUT2D eigenvalue weighted by Gasteiger charge is -2.37. The summed E-state index contributed by atoms with van der Waals surface area (Å²) in [5.74, 6) is -0.657. The fourth-order valence-corrected chi connectivity index (χ4v) is 4.19. The van der Waals surface area contributed by atoms with Crippen LogP contribution in [-0.2, 0) is 18.3 Å². The van der Waals surface area contributed by atoms with Crippen LogP contribution in [0.4, 0.5) is 13.2 Å². The molecule has 1 aromatic carbocycles. The van der Waals surface area contributed by atoms with Gasteiger partial charge in [0.25, 0.3) is 5.91 Å². The molecule has 1 fully saturated rings. The van der Waals surface area contributed by atoms with Crippen molar-refractivity contribution in [3.8, 4) is 11.1 Å². The number of primary amides is 1. The summed E-state index contributed by atoms with van der Waals surface area (Å²) >= 11 is 0. The fourth-order valence-electron chi connectivity index (χ4n) is 4.19. The first-order chi connectivity index (χ1) is 15.0. The van der Waals surface area contributed by atoms with Crippen LogP contribution in [0.2, 0.25) is 0 Å². The Hall–Kier alpha value is -2.98. The molecular formula is C22H24F3N5O2. The summed E-state index contributed by atoms with van der Waals surface area (Å²) < 4.78 is 46.3. The summed E-state index contributed by atoms with van der Waals surface area (Å²) in [4.78, 5) is 18.0. The lowest BCUT2D eigenvalue weighted by molar-refractivity contribution is -0.252. The average molecular weight is 447 g/mol. The van der Waals surface area contributed by atoms with Gasteiger partial charge in [-0.25, -0.2) is 4.98 Å². The predicted octanol–water partition coefficient (Wildman–Crippen LogP) is 3.19. The Bertz CT molecular complexity index is 1170. The zero-order valence-electron chi connectivity index (χ0n) is 18.0. The highest BCUT2D eigenvalue weighted by Gasteiger charge is 2.44. The smallest absolute Gasteiger partial charge is 0.364 e. The number of fused-ring (bicyclic) bond motifs is 1. The number of rotatable bonds is 4. The maximum atomic E-state index is 13.2. The van der Waals surface area contributed by atoms with Crippen LogP contribution >= 0.6 is 0 Å². The molecule has 1 saturated heterocycles. The number of carbonyl (C=O) groups is 1. The van der Waals surface area contributed by atoms with Crippen LogP contribution in [-0.4, -0.2) is 57.0 Å². The van der Waals surface area contributed by atoms with Gasteiger partial charge in [0.2, 0.25) is 0 Å². The molecule has 1 aliphatic heterocycles. The monoisotopic (exact) mass is 447 g/mol. The molecule has 170 valence electrons. The molecule has 0 radical (unpaired) electrons. The third-order valence-corrected chi connectivity index (χ3v) is 5.54. The molecule has 2 aromatic heterocycles. The van der Waals surface area contributed by atoms with Crippen molar-refractivity contribution < 1.29 is 22.7 Å². The average Bonchev–Trinajstić information content (AvgIpc) is 3.03. The lowest BCUT2D eigenvalue weighted by atomic mass is 9.99. The molecule has 10 heteroatoms. The minimum atomic E-state index is -4.41. The van der Waals surface area contributed by atoms with Crippen molar-refractivity contribution in [1.29, 1.82) is 0 Å². The quantitative estimate of drug-likeness (QED) is 0.664. The number of halogens is 3. The SMILES string of the molecule is Cc1nn(C)cc1-c1cc(C(N)=O)nc2cc(CN3C[C@@H](C)O[C@@H](C(F)(F)F)C3)ccc12. The first kappa shape index (κ1) is 22.2. The van der Waals surface area contributed by atoms with Crippen molar-refractivity contribution >= 4 is 16.8 Å². The van der Waals surface area contributed by atoms with E-state index in [4.69, 9.17) is 10.5 Å². The molecule has 2 N–H and O–H groups in total. The van der Waals surface area contributed by atoms with Crippen LogP contribution in [0.1, 0.15) is 28.7 Å². The van der Waals surface area contributed by atoms with Crippen LogP contribution < -0.4 is 5.73 Å². The van der Waals surface area contributed by atoms with E-state index in [1.807, 2.05) is 32.3 Å². The Kier molecular flexibility index (Phi) is 5.68. The zero-order valence-corrected chi connectivity index (χ0v) is 18.0. The number of carbonyl (C=O) groups excluding carboxylic acids is 1. The lowest BCUT2D eigenvalue weighted by Crippen LogP contribution is -2.51. The van der Waals surface area contributed by atoms with Gasteiger partial charge in [0.15, 0.2) is 6.10 Å². The molecule has 0 unspecified atom stereocenters. The van der Waals surface area contributed by atoms with E-state index < -0.39 is 24.3 Å². The Balaban J connectivity index is 1.71. The molecule has 4 rings (SSSR count). The van der Waals surface area contributed by atoms with E-state index in [0.29, 0.717) is 18.6 Å². The number of aromatic nitrogens is 3. The summed E-state index contributed by atoms with van der Waals surface area (Å²) in [6.45, 7) is 3.96. The number of alkyl halides is 3. The van der Waals surface area contributed by atoms with Gasteiger partial charge in [-0.3, -0.25) is 14.4 Å². The number of hydrogen-bond donors (Lipinski definition) is 1. The molecule has 3 heterocycles. The topological polar surface area (TPSA) is 86.3 Å². The summed E-state index contributed by atoms with van der Waals surface area (Å²) in [5.41, 5.74) is 9.37. The van der Waals surface area contributed by atoms with E-state index >= 15 is 0 Å². The second-order valence-electron chi connectivity index (χ2n) is 8.24.